The molecule has 5 nitrogen and oxygen atoms in total. The molecule has 8 heteroatoms. The molecule has 42 heavy (non-hydrogen) atoms. The number of hydrogen-bond donors (Lipinski definition) is 0. The number of aromatic nitrogens is 1. The zero-order chi connectivity index (χ0) is 30.1. The fourth-order valence-electron chi connectivity index (χ4n) is 5.27. The summed E-state index contributed by atoms with van der Waals surface area (Å²) in [6.45, 7) is 7.77. The summed E-state index contributed by atoms with van der Waals surface area (Å²) in [5.41, 5.74) is 2.93. The van der Waals surface area contributed by atoms with Crippen molar-refractivity contribution in [3.05, 3.63) is 95.8 Å². The van der Waals surface area contributed by atoms with Gasteiger partial charge in [0.2, 0.25) is 5.91 Å². The summed E-state index contributed by atoms with van der Waals surface area (Å²) in [6, 6.07) is 17.1. The molecule has 0 aliphatic carbocycles. The zero-order valence-electron chi connectivity index (χ0n) is 24.7. The monoisotopic (exact) mass is 578 g/mol. The van der Waals surface area contributed by atoms with E-state index in [0.717, 1.165) is 74.4 Å². The lowest BCUT2D eigenvalue weighted by Gasteiger charge is -2.34. The summed E-state index contributed by atoms with van der Waals surface area (Å²) in [6.07, 6.45) is 6.42. The van der Waals surface area contributed by atoms with Crippen molar-refractivity contribution in [1.29, 1.82) is 0 Å². The molecule has 4 rings (SSSR count). The highest BCUT2D eigenvalue weighted by atomic mass is 19.4. The number of amides is 1. The summed E-state index contributed by atoms with van der Waals surface area (Å²) in [7, 11) is 2.00. The minimum absolute atomic E-state index is 0.0450. The van der Waals surface area contributed by atoms with Crippen LogP contribution in [0.4, 0.5) is 24.5 Å². The number of pyridine rings is 1. The molecule has 1 saturated heterocycles. The Hall–Kier alpha value is -3.65. The number of carbonyl (C=O) groups is 1. The normalized spacial score (nSPS) is 16.5. The first kappa shape index (κ1) is 31.3. The van der Waals surface area contributed by atoms with Crippen LogP contribution in [0.25, 0.3) is 6.08 Å². The molecule has 1 aromatic heterocycles. The van der Waals surface area contributed by atoms with Crippen LogP contribution in [-0.4, -0.2) is 53.4 Å². The SMILES string of the molecule is CC(C)CCN1CCCCC(N(Cc2ccc(N(C)c3ccncc3)cc2)C(=O)/C=C/c2ccc(C(F)(F)F)cc2)C1. The average Bonchev–Trinajstić information content (AvgIpc) is 3.23. The molecule has 1 unspecified atom stereocenters. The zero-order valence-corrected chi connectivity index (χ0v) is 24.7. The first-order chi connectivity index (χ1) is 20.1. The van der Waals surface area contributed by atoms with E-state index in [1.165, 1.54) is 18.2 Å². The third-order valence-corrected chi connectivity index (χ3v) is 7.86. The molecule has 0 bridgehead atoms. The third-order valence-electron chi connectivity index (χ3n) is 7.86. The maximum Gasteiger partial charge on any atom is 0.416 e. The predicted molar refractivity (Wildman–Crippen MR) is 163 cm³/mol. The molecular formula is C34H41F3N4O. The van der Waals surface area contributed by atoms with E-state index in [1.54, 1.807) is 18.5 Å². The van der Waals surface area contributed by atoms with Crippen LogP contribution in [0.2, 0.25) is 0 Å². The number of alkyl halides is 3. The highest BCUT2D eigenvalue weighted by Crippen LogP contribution is 2.29. The number of hydrogen-bond acceptors (Lipinski definition) is 4. The summed E-state index contributed by atoms with van der Waals surface area (Å²) in [4.78, 5) is 24.3. The number of rotatable bonds is 10. The second kappa shape index (κ2) is 14.5. The maximum absolute atomic E-state index is 13.7. The Morgan fingerprint density at radius 3 is 2.31 bits per heavy atom. The van der Waals surface area contributed by atoms with Crippen molar-refractivity contribution in [3.8, 4) is 0 Å². The minimum Gasteiger partial charge on any atom is -0.345 e. The number of halogens is 3. The van der Waals surface area contributed by atoms with Gasteiger partial charge in [-0.3, -0.25) is 9.78 Å². The number of nitrogens with zero attached hydrogens (tertiary/aromatic N) is 4. The summed E-state index contributed by atoms with van der Waals surface area (Å²) < 4.78 is 39.0. The fraction of sp³-hybridized carbons (Fsp3) is 0.412. The smallest absolute Gasteiger partial charge is 0.345 e. The standard InChI is InChI=1S/C34H41F3N4O/c1-26(2)19-23-40-22-5-4-6-32(25-40)41(33(42)16-11-27-7-12-29(13-8-27)34(35,36)37)24-28-9-14-30(15-10-28)39(3)31-17-20-38-21-18-31/h7-18,20-21,26,32H,4-6,19,22-25H2,1-3H3/b16-11+. The first-order valence-electron chi connectivity index (χ1n) is 14.7. The Morgan fingerprint density at radius 1 is 1.00 bits per heavy atom. The van der Waals surface area contributed by atoms with Crippen molar-refractivity contribution >= 4 is 23.4 Å². The van der Waals surface area contributed by atoms with Crippen molar-refractivity contribution < 1.29 is 18.0 Å². The van der Waals surface area contributed by atoms with Crippen LogP contribution in [0.1, 0.15) is 56.2 Å². The van der Waals surface area contributed by atoms with Gasteiger partial charge in [-0.1, -0.05) is 44.5 Å². The predicted octanol–water partition coefficient (Wildman–Crippen LogP) is 7.81. The Bertz CT molecular complexity index is 1290. The van der Waals surface area contributed by atoms with Crippen LogP contribution in [0.5, 0.6) is 0 Å². The Kier molecular flexibility index (Phi) is 10.8. The van der Waals surface area contributed by atoms with Crippen molar-refractivity contribution in [2.24, 2.45) is 5.92 Å². The van der Waals surface area contributed by atoms with Gasteiger partial charge in [0.1, 0.15) is 0 Å². The van der Waals surface area contributed by atoms with Crippen molar-refractivity contribution in [1.82, 2.24) is 14.8 Å². The van der Waals surface area contributed by atoms with E-state index in [1.807, 2.05) is 24.1 Å². The van der Waals surface area contributed by atoms with E-state index >= 15 is 0 Å². The van der Waals surface area contributed by atoms with Crippen molar-refractivity contribution in [2.75, 3.05) is 31.6 Å². The minimum atomic E-state index is -4.39. The maximum atomic E-state index is 13.7. The van der Waals surface area contributed by atoms with Gasteiger partial charge in [-0.05, 0) is 91.9 Å². The van der Waals surface area contributed by atoms with E-state index in [0.29, 0.717) is 18.0 Å². The van der Waals surface area contributed by atoms with Gasteiger partial charge in [0, 0.05) is 56.0 Å². The van der Waals surface area contributed by atoms with Gasteiger partial charge in [-0.2, -0.15) is 13.2 Å². The molecule has 1 aliphatic rings. The fourth-order valence-corrected chi connectivity index (χ4v) is 5.27. The van der Waals surface area contributed by atoms with Gasteiger partial charge in [0.05, 0.1) is 5.56 Å². The number of carbonyl (C=O) groups excluding carboxylic acids is 1. The molecule has 2 heterocycles. The van der Waals surface area contributed by atoms with Crippen LogP contribution in [0.15, 0.2) is 79.1 Å². The van der Waals surface area contributed by atoms with E-state index in [4.69, 9.17) is 0 Å². The second-order valence-corrected chi connectivity index (χ2v) is 11.5. The Balaban J connectivity index is 1.54. The van der Waals surface area contributed by atoms with Gasteiger partial charge >= 0.3 is 6.18 Å². The summed E-state index contributed by atoms with van der Waals surface area (Å²) in [5.74, 6) is 0.475. The second-order valence-electron chi connectivity index (χ2n) is 11.5. The summed E-state index contributed by atoms with van der Waals surface area (Å²) >= 11 is 0. The first-order valence-corrected chi connectivity index (χ1v) is 14.7. The highest BCUT2D eigenvalue weighted by Gasteiger charge is 2.30. The van der Waals surface area contributed by atoms with Crippen molar-refractivity contribution in [3.63, 3.8) is 0 Å². The molecule has 1 atom stereocenters. The molecule has 1 aliphatic heterocycles. The van der Waals surface area contributed by atoms with E-state index in [9.17, 15) is 18.0 Å². The molecule has 224 valence electrons. The summed E-state index contributed by atoms with van der Waals surface area (Å²) in [5, 5.41) is 0. The van der Waals surface area contributed by atoms with Crippen LogP contribution in [0.3, 0.4) is 0 Å². The molecular weight excluding hydrogens is 537 g/mol. The number of likely N-dealkylation sites (tertiary alicyclic amines) is 1. The van der Waals surface area contributed by atoms with Crippen molar-refractivity contribution in [2.45, 2.75) is 58.3 Å². The van der Waals surface area contributed by atoms with Gasteiger partial charge in [0.25, 0.3) is 0 Å². The van der Waals surface area contributed by atoms with Crippen LogP contribution < -0.4 is 4.90 Å². The average molecular weight is 579 g/mol. The van der Waals surface area contributed by atoms with Crippen LogP contribution >= 0.6 is 0 Å². The molecule has 0 saturated carbocycles. The van der Waals surface area contributed by atoms with Gasteiger partial charge < -0.3 is 14.7 Å². The van der Waals surface area contributed by atoms with E-state index in [-0.39, 0.29) is 11.9 Å². The van der Waals surface area contributed by atoms with Gasteiger partial charge in [-0.15, -0.1) is 0 Å². The lowest BCUT2D eigenvalue weighted by atomic mass is 10.1. The Morgan fingerprint density at radius 2 is 1.67 bits per heavy atom. The molecule has 0 radical (unpaired) electrons. The number of anilines is 2. The lowest BCUT2D eigenvalue weighted by Crippen LogP contribution is -2.45. The molecule has 0 spiro atoms. The van der Waals surface area contributed by atoms with Crippen LogP contribution in [0, 0.1) is 5.92 Å². The lowest BCUT2D eigenvalue weighted by molar-refractivity contribution is -0.137. The molecule has 1 amide bonds. The molecule has 1 fully saturated rings. The Labute approximate surface area is 247 Å². The topological polar surface area (TPSA) is 39.7 Å². The third kappa shape index (κ3) is 8.92. The molecule has 0 N–H and O–H groups in total. The van der Waals surface area contributed by atoms with Gasteiger partial charge in [-0.25, -0.2) is 0 Å². The highest BCUT2D eigenvalue weighted by molar-refractivity contribution is 5.92. The van der Waals surface area contributed by atoms with E-state index < -0.39 is 11.7 Å². The largest absolute Gasteiger partial charge is 0.416 e. The number of benzene rings is 2. The van der Waals surface area contributed by atoms with Gasteiger partial charge in [0.15, 0.2) is 0 Å². The van der Waals surface area contributed by atoms with Crippen LogP contribution in [-0.2, 0) is 17.5 Å². The van der Waals surface area contributed by atoms with E-state index in [2.05, 4.69) is 52.9 Å². The molecule has 3 aromatic rings. The molecule has 2 aromatic carbocycles. The quantitative estimate of drug-likeness (QED) is 0.230.